The number of nitrogens with zero attached hydrogens (tertiary/aromatic N) is 2. The van der Waals surface area contributed by atoms with E-state index in [0.29, 0.717) is 22.9 Å². The van der Waals surface area contributed by atoms with Crippen molar-refractivity contribution in [2.75, 3.05) is 5.32 Å². The van der Waals surface area contributed by atoms with E-state index in [1.807, 2.05) is 19.1 Å². The standard InChI is InChI=1S/C18H21N3O3/c1-11-17(12(2)21(20-11)9-8-16(22)23)19-18(24)15-5-3-4-14(10-15)13-6-7-13/h3-5,10,13H,6-9H2,1-2H3,(H,19,24)(H,22,23). The summed E-state index contributed by atoms with van der Waals surface area (Å²) in [6.45, 7) is 3.92. The number of carbonyl (C=O) groups is 2. The van der Waals surface area contributed by atoms with E-state index in [4.69, 9.17) is 5.11 Å². The largest absolute Gasteiger partial charge is 0.481 e. The Bertz CT molecular complexity index is 791. The number of carbonyl (C=O) groups excluding carboxylic acids is 1. The van der Waals surface area contributed by atoms with Gasteiger partial charge in [0.15, 0.2) is 0 Å². The minimum atomic E-state index is -0.870. The minimum Gasteiger partial charge on any atom is -0.481 e. The number of carboxylic acids is 1. The molecule has 2 N–H and O–H groups in total. The molecule has 3 rings (SSSR count). The number of hydrogen-bond acceptors (Lipinski definition) is 3. The molecule has 6 heteroatoms. The summed E-state index contributed by atoms with van der Waals surface area (Å²) >= 11 is 0. The number of benzene rings is 1. The number of nitrogens with one attached hydrogen (secondary N) is 1. The normalized spacial score (nSPS) is 13.8. The Balaban J connectivity index is 1.76. The van der Waals surface area contributed by atoms with Gasteiger partial charge in [-0.05, 0) is 50.3 Å². The van der Waals surface area contributed by atoms with E-state index in [9.17, 15) is 9.59 Å². The Kier molecular flexibility index (Phi) is 4.38. The summed E-state index contributed by atoms with van der Waals surface area (Å²) in [5.41, 5.74) is 3.96. The van der Waals surface area contributed by atoms with Gasteiger partial charge in [-0.15, -0.1) is 0 Å². The molecule has 2 aromatic rings. The van der Waals surface area contributed by atoms with Crippen molar-refractivity contribution in [1.29, 1.82) is 0 Å². The fourth-order valence-corrected chi connectivity index (χ4v) is 2.83. The molecule has 1 amide bonds. The van der Waals surface area contributed by atoms with Crippen LogP contribution >= 0.6 is 0 Å². The van der Waals surface area contributed by atoms with Gasteiger partial charge in [-0.2, -0.15) is 5.10 Å². The molecule has 6 nitrogen and oxygen atoms in total. The molecule has 0 spiro atoms. The van der Waals surface area contributed by atoms with Crippen LogP contribution in [-0.2, 0) is 11.3 Å². The molecular weight excluding hydrogens is 306 g/mol. The van der Waals surface area contributed by atoms with E-state index < -0.39 is 5.97 Å². The number of aryl methyl sites for hydroxylation is 2. The van der Waals surface area contributed by atoms with E-state index in [1.54, 1.807) is 17.7 Å². The second-order valence-corrected chi connectivity index (χ2v) is 6.27. The van der Waals surface area contributed by atoms with Crippen molar-refractivity contribution in [3.8, 4) is 0 Å². The smallest absolute Gasteiger partial charge is 0.305 e. The molecule has 24 heavy (non-hydrogen) atoms. The summed E-state index contributed by atoms with van der Waals surface area (Å²) in [6, 6.07) is 7.74. The molecule has 1 aromatic heterocycles. The van der Waals surface area contributed by atoms with Crippen LogP contribution in [0.1, 0.15) is 52.5 Å². The first-order valence-corrected chi connectivity index (χ1v) is 8.13. The van der Waals surface area contributed by atoms with Crippen LogP contribution in [-0.4, -0.2) is 26.8 Å². The zero-order valence-corrected chi connectivity index (χ0v) is 13.9. The van der Waals surface area contributed by atoms with Gasteiger partial charge >= 0.3 is 5.97 Å². The van der Waals surface area contributed by atoms with Crippen molar-refractivity contribution in [1.82, 2.24) is 9.78 Å². The summed E-state index contributed by atoms with van der Waals surface area (Å²) in [5, 5.41) is 16.0. The number of carboxylic acid groups (broad SMARTS) is 1. The fraction of sp³-hybridized carbons (Fsp3) is 0.389. The first kappa shape index (κ1) is 16.2. The van der Waals surface area contributed by atoms with Crippen molar-refractivity contribution in [3.63, 3.8) is 0 Å². The van der Waals surface area contributed by atoms with Gasteiger partial charge in [0.25, 0.3) is 5.91 Å². The number of hydrogen-bond donors (Lipinski definition) is 2. The zero-order chi connectivity index (χ0) is 17.3. The number of rotatable bonds is 6. The summed E-state index contributed by atoms with van der Waals surface area (Å²) in [4.78, 5) is 23.3. The van der Waals surface area contributed by atoms with E-state index in [0.717, 1.165) is 5.69 Å². The molecule has 1 saturated carbocycles. The number of amides is 1. The summed E-state index contributed by atoms with van der Waals surface area (Å²) in [6.07, 6.45) is 2.39. The Labute approximate surface area is 140 Å². The van der Waals surface area contributed by atoms with Crippen molar-refractivity contribution < 1.29 is 14.7 Å². The van der Waals surface area contributed by atoms with Gasteiger partial charge in [0.05, 0.1) is 30.0 Å². The van der Waals surface area contributed by atoms with E-state index >= 15 is 0 Å². The molecule has 0 saturated heterocycles. The lowest BCUT2D eigenvalue weighted by Gasteiger charge is -2.08. The fourth-order valence-electron chi connectivity index (χ4n) is 2.83. The average Bonchev–Trinajstić information content (AvgIpc) is 3.36. The van der Waals surface area contributed by atoms with Gasteiger partial charge in [0.1, 0.15) is 0 Å². The second kappa shape index (κ2) is 6.47. The monoisotopic (exact) mass is 327 g/mol. The highest BCUT2D eigenvalue weighted by atomic mass is 16.4. The van der Waals surface area contributed by atoms with Crippen LogP contribution < -0.4 is 5.32 Å². The molecule has 0 radical (unpaired) electrons. The summed E-state index contributed by atoms with van der Waals surface area (Å²) < 4.78 is 1.62. The lowest BCUT2D eigenvalue weighted by Crippen LogP contribution is -2.14. The maximum Gasteiger partial charge on any atom is 0.305 e. The molecule has 1 heterocycles. The van der Waals surface area contributed by atoms with E-state index in [-0.39, 0.29) is 18.9 Å². The van der Waals surface area contributed by atoms with Gasteiger partial charge in [-0.1, -0.05) is 12.1 Å². The van der Waals surface area contributed by atoms with Crippen LogP contribution in [0.4, 0.5) is 5.69 Å². The average molecular weight is 327 g/mol. The van der Waals surface area contributed by atoms with Gasteiger partial charge < -0.3 is 10.4 Å². The quantitative estimate of drug-likeness (QED) is 0.854. The Hall–Kier alpha value is -2.63. The third-order valence-electron chi connectivity index (χ3n) is 4.36. The first-order chi connectivity index (χ1) is 11.5. The van der Waals surface area contributed by atoms with Gasteiger partial charge in [-0.25, -0.2) is 0 Å². The highest BCUT2D eigenvalue weighted by Gasteiger charge is 2.24. The van der Waals surface area contributed by atoms with Crippen LogP contribution in [0.2, 0.25) is 0 Å². The lowest BCUT2D eigenvalue weighted by molar-refractivity contribution is -0.137. The molecule has 0 aliphatic heterocycles. The molecule has 1 fully saturated rings. The van der Waals surface area contributed by atoms with Crippen LogP contribution in [0.15, 0.2) is 24.3 Å². The predicted octanol–water partition coefficient (Wildman–Crippen LogP) is 3.10. The van der Waals surface area contributed by atoms with Gasteiger partial charge in [0.2, 0.25) is 0 Å². The molecular formula is C18H21N3O3. The molecule has 1 aliphatic carbocycles. The van der Waals surface area contributed by atoms with Gasteiger partial charge in [-0.3, -0.25) is 14.3 Å². The second-order valence-electron chi connectivity index (χ2n) is 6.27. The third-order valence-corrected chi connectivity index (χ3v) is 4.36. The molecule has 1 aromatic carbocycles. The molecule has 1 aliphatic rings. The van der Waals surface area contributed by atoms with E-state index in [2.05, 4.69) is 16.5 Å². The topological polar surface area (TPSA) is 84.2 Å². The maximum absolute atomic E-state index is 12.5. The van der Waals surface area contributed by atoms with Crippen molar-refractivity contribution in [3.05, 3.63) is 46.8 Å². The van der Waals surface area contributed by atoms with E-state index in [1.165, 1.54) is 18.4 Å². The highest BCUT2D eigenvalue weighted by Crippen LogP contribution is 2.40. The van der Waals surface area contributed by atoms with Crippen molar-refractivity contribution >= 4 is 17.6 Å². The molecule has 0 atom stereocenters. The Morgan fingerprint density at radius 2 is 2.08 bits per heavy atom. The first-order valence-electron chi connectivity index (χ1n) is 8.13. The molecule has 0 unspecified atom stereocenters. The van der Waals surface area contributed by atoms with Crippen molar-refractivity contribution in [2.24, 2.45) is 0 Å². The maximum atomic E-state index is 12.5. The SMILES string of the molecule is Cc1nn(CCC(=O)O)c(C)c1NC(=O)c1cccc(C2CC2)c1. The van der Waals surface area contributed by atoms with Crippen molar-refractivity contribution in [2.45, 2.75) is 45.6 Å². The van der Waals surface area contributed by atoms with Crippen LogP contribution in [0.25, 0.3) is 0 Å². The third kappa shape index (κ3) is 3.48. The zero-order valence-electron chi connectivity index (χ0n) is 13.9. The summed E-state index contributed by atoms with van der Waals surface area (Å²) in [7, 11) is 0. The summed E-state index contributed by atoms with van der Waals surface area (Å²) in [5.74, 6) is -0.438. The Morgan fingerprint density at radius 1 is 1.33 bits per heavy atom. The Morgan fingerprint density at radius 3 is 2.75 bits per heavy atom. The number of anilines is 1. The minimum absolute atomic E-state index is 0.00121. The van der Waals surface area contributed by atoms with Crippen LogP contribution in [0, 0.1) is 13.8 Å². The predicted molar refractivity (Wildman–Crippen MR) is 90.3 cm³/mol. The lowest BCUT2D eigenvalue weighted by atomic mass is 10.1. The number of aromatic nitrogens is 2. The van der Waals surface area contributed by atoms with Crippen LogP contribution in [0.3, 0.4) is 0 Å². The number of aliphatic carboxylic acids is 1. The highest BCUT2D eigenvalue weighted by molar-refractivity contribution is 6.05. The van der Waals surface area contributed by atoms with Gasteiger partial charge in [0, 0.05) is 5.56 Å². The molecule has 126 valence electrons. The van der Waals surface area contributed by atoms with Crippen LogP contribution in [0.5, 0.6) is 0 Å². The molecule has 0 bridgehead atoms.